The Morgan fingerprint density at radius 3 is 1.61 bits per heavy atom. The summed E-state index contributed by atoms with van der Waals surface area (Å²) >= 11 is 0. The summed E-state index contributed by atoms with van der Waals surface area (Å²) in [6.07, 6.45) is -1.29. The third-order valence-corrected chi connectivity index (χ3v) is 4.60. The number of ether oxygens (including phenoxy) is 2. The Bertz CT molecular complexity index is 1200. The quantitative estimate of drug-likeness (QED) is 0.317. The van der Waals surface area contributed by atoms with E-state index in [0.717, 1.165) is 5.56 Å². The van der Waals surface area contributed by atoms with E-state index < -0.39 is 23.9 Å². The van der Waals surface area contributed by atoms with Crippen LogP contribution >= 0.6 is 0 Å². The maximum absolute atomic E-state index is 12.3. The molecule has 0 aliphatic heterocycles. The standard InChI is InChI=1S/C23H20O8/c1-13-6-7-16-17(12-13)23(31-21(29)11-9-19(26)27)15-5-3-2-4-14(15)22(16)30-20(28)10-8-18(24)25/h2-7,12H,8-11H2,1H3,(H,24,25)(H,26,27). The number of esters is 2. The zero-order valence-corrected chi connectivity index (χ0v) is 16.7. The van der Waals surface area contributed by atoms with Crippen LogP contribution in [0.3, 0.4) is 0 Å². The Hall–Kier alpha value is -3.94. The summed E-state index contributed by atoms with van der Waals surface area (Å²) in [5, 5.41) is 19.7. The van der Waals surface area contributed by atoms with Gasteiger partial charge in [-0.05, 0) is 13.0 Å². The highest BCUT2D eigenvalue weighted by Gasteiger charge is 2.21. The van der Waals surface area contributed by atoms with E-state index in [-0.39, 0.29) is 37.2 Å². The number of carboxylic acid groups (broad SMARTS) is 2. The first-order valence-electron chi connectivity index (χ1n) is 9.56. The maximum atomic E-state index is 12.3. The molecule has 31 heavy (non-hydrogen) atoms. The van der Waals surface area contributed by atoms with Crippen molar-refractivity contribution in [2.45, 2.75) is 32.6 Å². The number of hydrogen-bond donors (Lipinski definition) is 2. The van der Waals surface area contributed by atoms with Gasteiger partial charge in [0.05, 0.1) is 25.7 Å². The van der Waals surface area contributed by atoms with Gasteiger partial charge in [0.2, 0.25) is 0 Å². The zero-order chi connectivity index (χ0) is 22.5. The zero-order valence-electron chi connectivity index (χ0n) is 16.7. The van der Waals surface area contributed by atoms with E-state index in [0.29, 0.717) is 21.5 Å². The van der Waals surface area contributed by atoms with Crippen LogP contribution in [0.1, 0.15) is 31.2 Å². The molecule has 2 N–H and O–H groups in total. The lowest BCUT2D eigenvalue weighted by Gasteiger charge is -2.16. The van der Waals surface area contributed by atoms with E-state index in [4.69, 9.17) is 19.7 Å². The largest absolute Gasteiger partial charge is 0.481 e. The molecule has 0 spiro atoms. The Morgan fingerprint density at radius 2 is 1.13 bits per heavy atom. The Morgan fingerprint density at radius 1 is 0.677 bits per heavy atom. The lowest BCUT2D eigenvalue weighted by molar-refractivity contribution is -0.142. The molecule has 0 radical (unpaired) electrons. The van der Waals surface area contributed by atoms with Crippen LogP contribution in [0.4, 0.5) is 0 Å². The number of carbonyl (C=O) groups is 4. The van der Waals surface area contributed by atoms with Crippen molar-refractivity contribution >= 4 is 45.4 Å². The third kappa shape index (κ3) is 5.16. The van der Waals surface area contributed by atoms with Crippen LogP contribution in [0.2, 0.25) is 0 Å². The summed E-state index contributed by atoms with van der Waals surface area (Å²) in [5.74, 6) is -3.11. The number of rotatable bonds is 8. The van der Waals surface area contributed by atoms with Gasteiger partial charge in [-0.3, -0.25) is 19.2 Å². The van der Waals surface area contributed by atoms with Gasteiger partial charge in [-0.25, -0.2) is 0 Å². The molecule has 3 rings (SSSR count). The molecule has 0 saturated carbocycles. The van der Waals surface area contributed by atoms with Gasteiger partial charge in [-0.2, -0.15) is 0 Å². The second kappa shape index (κ2) is 9.25. The van der Waals surface area contributed by atoms with Crippen molar-refractivity contribution in [3.63, 3.8) is 0 Å². The van der Waals surface area contributed by atoms with Crippen molar-refractivity contribution in [2.24, 2.45) is 0 Å². The molecule has 0 aromatic heterocycles. The average molecular weight is 424 g/mol. The summed E-state index contributed by atoms with van der Waals surface area (Å²) in [6, 6.07) is 12.2. The highest BCUT2D eigenvalue weighted by molar-refractivity contribution is 6.13. The Kier molecular flexibility index (Phi) is 6.49. The van der Waals surface area contributed by atoms with Gasteiger partial charge in [0.15, 0.2) is 0 Å². The predicted octanol–water partition coefficient (Wildman–Crippen LogP) is 3.84. The minimum Gasteiger partial charge on any atom is -0.481 e. The number of carbonyl (C=O) groups excluding carboxylic acids is 2. The lowest BCUT2D eigenvalue weighted by Crippen LogP contribution is -2.12. The monoisotopic (exact) mass is 424 g/mol. The van der Waals surface area contributed by atoms with Crippen LogP contribution in [0.25, 0.3) is 21.5 Å². The predicted molar refractivity (Wildman–Crippen MR) is 111 cm³/mol. The molecule has 0 heterocycles. The fourth-order valence-electron chi connectivity index (χ4n) is 3.18. The lowest BCUT2D eigenvalue weighted by atomic mass is 9.99. The van der Waals surface area contributed by atoms with Gasteiger partial charge in [0.25, 0.3) is 0 Å². The fraction of sp³-hybridized carbons (Fsp3) is 0.217. The molecule has 3 aromatic carbocycles. The third-order valence-electron chi connectivity index (χ3n) is 4.60. The first-order valence-corrected chi connectivity index (χ1v) is 9.56. The topological polar surface area (TPSA) is 127 Å². The van der Waals surface area contributed by atoms with E-state index in [2.05, 4.69) is 0 Å². The van der Waals surface area contributed by atoms with Crippen molar-refractivity contribution in [1.29, 1.82) is 0 Å². The average Bonchev–Trinajstić information content (AvgIpc) is 2.73. The number of benzene rings is 3. The van der Waals surface area contributed by atoms with Crippen molar-refractivity contribution in [2.75, 3.05) is 0 Å². The number of aryl methyl sites for hydroxylation is 1. The molecule has 8 nitrogen and oxygen atoms in total. The fourth-order valence-corrected chi connectivity index (χ4v) is 3.18. The summed E-state index contributed by atoms with van der Waals surface area (Å²) in [6.45, 7) is 1.85. The minimum absolute atomic E-state index is 0.242. The molecular formula is C23H20O8. The van der Waals surface area contributed by atoms with Crippen LogP contribution in [0.15, 0.2) is 42.5 Å². The molecule has 0 atom stereocenters. The van der Waals surface area contributed by atoms with Crippen LogP contribution < -0.4 is 9.47 Å². The van der Waals surface area contributed by atoms with Crippen molar-refractivity contribution < 1.29 is 38.9 Å². The molecule has 0 amide bonds. The van der Waals surface area contributed by atoms with E-state index in [1.54, 1.807) is 36.4 Å². The van der Waals surface area contributed by atoms with Gasteiger partial charge in [0, 0.05) is 21.5 Å². The number of carboxylic acids is 2. The maximum Gasteiger partial charge on any atom is 0.311 e. The van der Waals surface area contributed by atoms with Crippen molar-refractivity contribution in [1.82, 2.24) is 0 Å². The normalized spacial score (nSPS) is 10.7. The highest BCUT2D eigenvalue weighted by Crippen LogP contribution is 2.43. The molecule has 3 aromatic rings. The van der Waals surface area contributed by atoms with E-state index in [1.165, 1.54) is 0 Å². The molecule has 0 aliphatic carbocycles. The SMILES string of the molecule is Cc1ccc2c(OC(=O)CCC(=O)O)c3ccccc3c(OC(=O)CCC(=O)O)c2c1. The van der Waals surface area contributed by atoms with Crippen LogP contribution in [-0.2, 0) is 19.2 Å². The molecule has 160 valence electrons. The molecule has 0 fully saturated rings. The van der Waals surface area contributed by atoms with Gasteiger partial charge in [0.1, 0.15) is 11.5 Å². The highest BCUT2D eigenvalue weighted by atomic mass is 16.5. The smallest absolute Gasteiger partial charge is 0.311 e. The molecule has 0 saturated heterocycles. The van der Waals surface area contributed by atoms with Gasteiger partial charge in [-0.15, -0.1) is 0 Å². The molecule has 0 unspecified atom stereocenters. The molecule has 8 heteroatoms. The minimum atomic E-state index is -1.11. The number of aliphatic carboxylic acids is 2. The number of hydrogen-bond acceptors (Lipinski definition) is 6. The second-order valence-corrected chi connectivity index (χ2v) is 6.99. The summed E-state index contributed by atoms with van der Waals surface area (Å²) in [7, 11) is 0. The van der Waals surface area contributed by atoms with Crippen molar-refractivity contribution in [3.8, 4) is 11.5 Å². The molecule has 0 aliphatic rings. The molecule has 0 bridgehead atoms. The number of fused-ring (bicyclic) bond motifs is 2. The van der Waals surface area contributed by atoms with Gasteiger partial charge < -0.3 is 19.7 Å². The van der Waals surface area contributed by atoms with E-state index in [9.17, 15) is 19.2 Å². The Labute approximate surface area is 177 Å². The van der Waals surface area contributed by atoms with Crippen LogP contribution in [-0.4, -0.2) is 34.1 Å². The van der Waals surface area contributed by atoms with Crippen LogP contribution in [0.5, 0.6) is 11.5 Å². The second-order valence-electron chi connectivity index (χ2n) is 6.99. The van der Waals surface area contributed by atoms with E-state index in [1.807, 2.05) is 13.0 Å². The van der Waals surface area contributed by atoms with Gasteiger partial charge >= 0.3 is 23.9 Å². The Balaban J connectivity index is 2.13. The van der Waals surface area contributed by atoms with Crippen molar-refractivity contribution in [3.05, 3.63) is 48.0 Å². The van der Waals surface area contributed by atoms with Crippen LogP contribution in [0, 0.1) is 6.92 Å². The first kappa shape index (κ1) is 21.8. The summed E-state index contributed by atoms with van der Waals surface area (Å²) < 4.78 is 11.1. The van der Waals surface area contributed by atoms with Gasteiger partial charge in [-0.1, -0.05) is 42.0 Å². The van der Waals surface area contributed by atoms with E-state index >= 15 is 0 Å². The summed E-state index contributed by atoms with van der Waals surface area (Å²) in [4.78, 5) is 46.1. The first-order chi connectivity index (χ1) is 14.8. The summed E-state index contributed by atoms with van der Waals surface area (Å²) in [5.41, 5.74) is 0.869. The molecular weight excluding hydrogens is 404 g/mol.